The van der Waals surface area contributed by atoms with E-state index in [-0.39, 0.29) is 11.7 Å². The summed E-state index contributed by atoms with van der Waals surface area (Å²) in [6.45, 7) is 4.08. The van der Waals surface area contributed by atoms with Crippen molar-refractivity contribution in [2.75, 3.05) is 0 Å². The van der Waals surface area contributed by atoms with Crippen molar-refractivity contribution in [2.45, 2.75) is 32.3 Å². The number of ketones is 1. The van der Waals surface area contributed by atoms with Crippen LogP contribution in [0, 0.1) is 5.92 Å². The average molecular weight is 296 g/mol. The Kier molecular flexibility index (Phi) is 3.75. The third kappa shape index (κ3) is 2.42. The van der Waals surface area contributed by atoms with E-state index in [2.05, 4.69) is 6.92 Å². The predicted octanol–water partition coefficient (Wildman–Crippen LogP) is 4.28. The van der Waals surface area contributed by atoms with Gasteiger partial charge in [0.1, 0.15) is 11.8 Å². The highest BCUT2D eigenvalue weighted by molar-refractivity contribution is 6.17. The van der Waals surface area contributed by atoms with E-state index in [4.69, 9.17) is 4.42 Å². The summed E-state index contributed by atoms with van der Waals surface area (Å²) >= 11 is 0. The largest absolute Gasteiger partial charge is 0.464 e. The van der Waals surface area contributed by atoms with Crippen molar-refractivity contribution in [3.8, 4) is 0 Å². The second-order valence-electron chi connectivity index (χ2n) is 5.97. The van der Waals surface area contributed by atoms with Gasteiger partial charge in [-0.25, -0.2) is 0 Å². The molecule has 1 aliphatic carbocycles. The lowest BCUT2D eigenvalue weighted by Crippen LogP contribution is -2.35. The normalized spacial score (nSPS) is 22.6. The van der Waals surface area contributed by atoms with E-state index in [9.17, 15) is 9.90 Å². The Morgan fingerprint density at radius 1 is 1.41 bits per heavy atom. The maximum absolute atomic E-state index is 12.7. The van der Waals surface area contributed by atoms with Gasteiger partial charge in [0.05, 0.1) is 11.2 Å². The highest BCUT2D eigenvalue weighted by Gasteiger charge is 2.32. The molecule has 0 saturated carbocycles. The highest BCUT2D eigenvalue weighted by Crippen LogP contribution is 2.32. The summed E-state index contributed by atoms with van der Waals surface area (Å²) in [5, 5.41) is 11.4. The number of allylic oxidation sites excluding steroid dienone is 2. The number of para-hydroxylation sites is 1. The molecule has 22 heavy (non-hydrogen) atoms. The summed E-state index contributed by atoms with van der Waals surface area (Å²) in [7, 11) is 0. The number of aliphatic hydroxyl groups is 1. The van der Waals surface area contributed by atoms with E-state index in [1.807, 2.05) is 37.3 Å². The zero-order valence-corrected chi connectivity index (χ0v) is 12.9. The summed E-state index contributed by atoms with van der Waals surface area (Å²) in [6, 6.07) is 7.50. The average Bonchev–Trinajstić information content (AvgIpc) is 2.98. The van der Waals surface area contributed by atoms with Gasteiger partial charge in [0.2, 0.25) is 0 Å². The van der Waals surface area contributed by atoms with Gasteiger partial charge >= 0.3 is 0 Å². The zero-order valence-electron chi connectivity index (χ0n) is 12.9. The number of Topliss-reactive ketones (excluding diaryl/α,β-unsaturated/α-hetero) is 1. The molecule has 0 radical (unpaired) electrons. The first-order valence-electron chi connectivity index (χ1n) is 7.68. The lowest BCUT2D eigenvalue weighted by molar-refractivity contribution is 0.0354. The van der Waals surface area contributed by atoms with E-state index >= 15 is 0 Å². The number of benzene rings is 1. The molecule has 0 aliphatic heterocycles. The van der Waals surface area contributed by atoms with Crippen molar-refractivity contribution in [3.63, 3.8) is 0 Å². The third-order valence-electron chi connectivity index (χ3n) is 4.65. The van der Waals surface area contributed by atoms with Crippen LogP contribution in [0.4, 0.5) is 0 Å². The number of carbonyl (C=O) groups is 1. The molecule has 0 fully saturated rings. The lowest BCUT2D eigenvalue weighted by atomic mass is 9.79. The molecule has 2 aromatic rings. The van der Waals surface area contributed by atoms with Gasteiger partial charge in [0.25, 0.3) is 0 Å². The minimum Gasteiger partial charge on any atom is -0.464 e. The number of fused-ring (bicyclic) bond motifs is 1. The topological polar surface area (TPSA) is 50.4 Å². The summed E-state index contributed by atoms with van der Waals surface area (Å²) in [6.07, 6.45) is 8.20. The highest BCUT2D eigenvalue weighted by atomic mass is 16.3. The van der Waals surface area contributed by atoms with Gasteiger partial charge in [-0.3, -0.25) is 4.79 Å². The molecule has 1 aliphatic rings. The van der Waals surface area contributed by atoms with Crippen molar-refractivity contribution < 1.29 is 14.3 Å². The molecule has 3 rings (SSSR count). The first-order chi connectivity index (χ1) is 10.5. The van der Waals surface area contributed by atoms with Crippen LogP contribution in [0.25, 0.3) is 11.0 Å². The van der Waals surface area contributed by atoms with Crippen LogP contribution in [0.2, 0.25) is 0 Å². The fraction of sp³-hybridized carbons (Fsp3) is 0.316. The fourth-order valence-electron chi connectivity index (χ4n) is 2.84. The van der Waals surface area contributed by atoms with Crippen LogP contribution in [0.15, 0.2) is 58.7 Å². The number of furan rings is 1. The van der Waals surface area contributed by atoms with Gasteiger partial charge in [-0.2, -0.15) is 0 Å². The van der Waals surface area contributed by atoms with Gasteiger partial charge in [-0.15, -0.1) is 0 Å². The molecular weight excluding hydrogens is 276 g/mol. The molecule has 3 heteroatoms. The minimum absolute atomic E-state index is 0.0626. The second kappa shape index (κ2) is 5.58. The van der Waals surface area contributed by atoms with Crippen molar-refractivity contribution in [3.05, 3.63) is 59.9 Å². The second-order valence-corrected chi connectivity index (χ2v) is 5.97. The van der Waals surface area contributed by atoms with E-state index in [0.29, 0.717) is 23.1 Å². The summed E-state index contributed by atoms with van der Waals surface area (Å²) in [4.78, 5) is 12.7. The molecule has 1 N–H and O–H groups in total. The standard InChI is InChI=1S/C19H20O3/c1-3-13(2)19(21)10-8-14(9-11-19)18(20)16-12-22-17-7-5-4-6-15(16)17/h4-10,12-13,21H,3,11H2,1-2H3. The Labute approximate surface area is 129 Å². The first-order valence-corrected chi connectivity index (χ1v) is 7.68. The molecular formula is C19H20O3. The smallest absolute Gasteiger partial charge is 0.196 e. The first kappa shape index (κ1) is 14.8. The number of hydrogen-bond acceptors (Lipinski definition) is 3. The number of rotatable bonds is 4. The molecule has 2 atom stereocenters. The van der Waals surface area contributed by atoms with Gasteiger partial charge < -0.3 is 9.52 Å². The summed E-state index contributed by atoms with van der Waals surface area (Å²) in [5.74, 6) is 0.0961. The van der Waals surface area contributed by atoms with Gasteiger partial charge in [-0.1, -0.05) is 56.7 Å². The van der Waals surface area contributed by atoms with E-state index in [0.717, 1.165) is 11.8 Å². The molecule has 1 aromatic carbocycles. The van der Waals surface area contributed by atoms with Crippen molar-refractivity contribution in [2.24, 2.45) is 5.92 Å². The van der Waals surface area contributed by atoms with Gasteiger partial charge in [0.15, 0.2) is 5.78 Å². The molecule has 114 valence electrons. The van der Waals surface area contributed by atoms with Crippen molar-refractivity contribution in [1.82, 2.24) is 0 Å². The molecule has 0 spiro atoms. The third-order valence-corrected chi connectivity index (χ3v) is 4.65. The predicted molar refractivity (Wildman–Crippen MR) is 86.8 cm³/mol. The Balaban J connectivity index is 1.87. The lowest BCUT2D eigenvalue weighted by Gasteiger charge is -2.32. The minimum atomic E-state index is -0.850. The van der Waals surface area contributed by atoms with Crippen LogP contribution >= 0.6 is 0 Å². The van der Waals surface area contributed by atoms with Crippen LogP contribution in [0.5, 0.6) is 0 Å². The Morgan fingerprint density at radius 2 is 2.18 bits per heavy atom. The monoisotopic (exact) mass is 296 g/mol. The van der Waals surface area contributed by atoms with Crippen LogP contribution in [0.3, 0.4) is 0 Å². The Morgan fingerprint density at radius 3 is 2.86 bits per heavy atom. The molecule has 0 bridgehead atoms. The van der Waals surface area contributed by atoms with Crippen molar-refractivity contribution in [1.29, 1.82) is 0 Å². The van der Waals surface area contributed by atoms with Crippen LogP contribution < -0.4 is 0 Å². The van der Waals surface area contributed by atoms with Gasteiger partial charge in [-0.05, 0) is 18.4 Å². The maximum Gasteiger partial charge on any atom is 0.196 e. The summed E-state index contributed by atoms with van der Waals surface area (Å²) in [5.41, 5.74) is 1.04. The maximum atomic E-state index is 12.7. The van der Waals surface area contributed by atoms with E-state index < -0.39 is 5.60 Å². The van der Waals surface area contributed by atoms with Crippen LogP contribution in [-0.2, 0) is 0 Å². The van der Waals surface area contributed by atoms with E-state index in [1.54, 1.807) is 12.2 Å². The van der Waals surface area contributed by atoms with Crippen LogP contribution in [-0.4, -0.2) is 16.5 Å². The van der Waals surface area contributed by atoms with Crippen LogP contribution in [0.1, 0.15) is 37.0 Å². The molecule has 1 heterocycles. The quantitative estimate of drug-likeness (QED) is 0.857. The summed E-state index contributed by atoms with van der Waals surface area (Å²) < 4.78 is 5.44. The van der Waals surface area contributed by atoms with Crippen molar-refractivity contribution >= 4 is 16.8 Å². The number of hydrogen-bond donors (Lipinski definition) is 1. The van der Waals surface area contributed by atoms with Gasteiger partial charge in [0, 0.05) is 11.0 Å². The SMILES string of the molecule is CCC(C)C1(O)C=CC(C(=O)c2coc3ccccc23)=CC1. The Bertz CT molecular complexity index is 766. The molecule has 1 aromatic heterocycles. The fourth-order valence-corrected chi connectivity index (χ4v) is 2.84. The van der Waals surface area contributed by atoms with E-state index in [1.165, 1.54) is 6.26 Å². The molecule has 0 amide bonds. The Hall–Kier alpha value is -2.13. The zero-order chi connectivity index (χ0) is 15.7. The molecule has 2 unspecified atom stereocenters. The number of carbonyl (C=O) groups excluding carboxylic acids is 1. The molecule has 0 saturated heterocycles. The molecule has 3 nitrogen and oxygen atoms in total.